The van der Waals surface area contributed by atoms with E-state index in [4.69, 9.17) is 17.3 Å². The van der Waals surface area contributed by atoms with Crippen LogP contribution in [0.3, 0.4) is 0 Å². The standard InChI is InChI=1S/C22H23ClN6O3/c1-13(25-18(30)12-24)21-26-20(22(32)28(2)3)27-29(21)17-10-9-15(23)11-16(17)19(31)14-7-5-4-6-8-14/h4-11,13H,12,24H2,1-3H3,(H,25,30). The lowest BCUT2D eigenvalue weighted by Crippen LogP contribution is -2.33. The molecular weight excluding hydrogens is 432 g/mol. The van der Waals surface area contributed by atoms with Gasteiger partial charge in [0, 0.05) is 30.2 Å². The van der Waals surface area contributed by atoms with Crippen LogP contribution in [0.2, 0.25) is 5.02 Å². The summed E-state index contributed by atoms with van der Waals surface area (Å²) in [6.07, 6.45) is 0. The van der Waals surface area contributed by atoms with E-state index >= 15 is 0 Å². The average Bonchev–Trinajstić information content (AvgIpc) is 3.23. The molecule has 0 aliphatic carbocycles. The van der Waals surface area contributed by atoms with Gasteiger partial charge in [-0.2, -0.15) is 0 Å². The zero-order chi connectivity index (χ0) is 23.4. The maximum absolute atomic E-state index is 13.3. The number of nitrogens with zero attached hydrogens (tertiary/aromatic N) is 4. The van der Waals surface area contributed by atoms with Gasteiger partial charge in [-0.3, -0.25) is 14.4 Å². The van der Waals surface area contributed by atoms with Crippen molar-refractivity contribution in [3.8, 4) is 5.69 Å². The molecule has 3 rings (SSSR count). The Balaban J connectivity index is 2.19. The maximum Gasteiger partial charge on any atom is 0.293 e. The normalized spacial score (nSPS) is 11.7. The van der Waals surface area contributed by atoms with Gasteiger partial charge in [-0.15, -0.1) is 5.10 Å². The molecule has 0 radical (unpaired) electrons. The van der Waals surface area contributed by atoms with Crippen LogP contribution in [-0.4, -0.2) is 57.9 Å². The van der Waals surface area contributed by atoms with Gasteiger partial charge in [0.1, 0.15) is 0 Å². The highest BCUT2D eigenvalue weighted by atomic mass is 35.5. The van der Waals surface area contributed by atoms with E-state index in [1.807, 2.05) is 6.07 Å². The molecule has 9 nitrogen and oxygen atoms in total. The number of rotatable bonds is 7. The molecule has 0 saturated carbocycles. The molecule has 1 heterocycles. The van der Waals surface area contributed by atoms with Crippen molar-refractivity contribution in [2.45, 2.75) is 13.0 Å². The van der Waals surface area contributed by atoms with Crippen molar-refractivity contribution in [2.75, 3.05) is 20.6 Å². The zero-order valence-corrected chi connectivity index (χ0v) is 18.6. The second kappa shape index (κ2) is 9.71. The lowest BCUT2D eigenvalue weighted by Gasteiger charge is -2.16. The van der Waals surface area contributed by atoms with E-state index in [9.17, 15) is 14.4 Å². The highest BCUT2D eigenvalue weighted by Gasteiger charge is 2.26. The summed E-state index contributed by atoms with van der Waals surface area (Å²) in [7, 11) is 3.16. The molecule has 1 unspecified atom stereocenters. The molecule has 2 aromatic carbocycles. The Hall–Kier alpha value is -3.56. The number of hydrogen-bond acceptors (Lipinski definition) is 6. The van der Waals surface area contributed by atoms with Gasteiger partial charge in [-0.25, -0.2) is 9.67 Å². The zero-order valence-electron chi connectivity index (χ0n) is 17.9. The van der Waals surface area contributed by atoms with Gasteiger partial charge in [0.05, 0.1) is 18.3 Å². The number of halogens is 1. The summed E-state index contributed by atoms with van der Waals surface area (Å²) >= 11 is 6.19. The number of carbonyl (C=O) groups excluding carboxylic acids is 3. The monoisotopic (exact) mass is 454 g/mol. The summed E-state index contributed by atoms with van der Waals surface area (Å²) in [6.45, 7) is 1.48. The summed E-state index contributed by atoms with van der Waals surface area (Å²) in [6, 6.07) is 12.9. The predicted octanol–water partition coefficient (Wildman–Crippen LogP) is 1.99. The Morgan fingerprint density at radius 2 is 1.84 bits per heavy atom. The fraction of sp³-hybridized carbons (Fsp3) is 0.227. The summed E-state index contributed by atoms with van der Waals surface area (Å²) in [5.74, 6) is -0.909. The van der Waals surface area contributed by atoms with Crippen molar-refractivity contribution in [1.29, 1.82) is 0 Å². The first-order valence-corrected chi connectivity index (χ1v) is 10.2. The minimum absolute atomic E-state index is 0.0769. The van der Waals surface area contributed by atoms with Crippen LogP contribution in [0.15, 0.2) is 48.5 Å². The van der Waals surface area contributed by atoms with Crippen molar-refractivity contribution < 1.29 is 14.4 Å². The minimum atomic E-state index is -0.641. The summed E-state index contributed by atoms with van der Waals surface area (Å²) in [5, 5.41) is 7.43. The summed E-state index contributed by atoms with van der Waals surface area (Å²) in [5.41, 5.74) is 6.52. The van der Waals surface area contributed by atoms with Crippen LogP contribution in [-0.2, 0) is 4.79 Å². The van der Waals surface area contributed by atoms with Crippen LogP contribution in [0.4, 0.5) is 0 Å². The topological polar surface area (TPSA) is 123 Å². The number of carbonyl (C=O) groups is 3. The molecule has 166 valence electrons. The van der Waals surface area contributed by atoms with Gasteiger partial charge < -0.3 is 16.0 Å². The SMILES string of the molecule is CC(NC(=O)CN)c1nc(C(=O)N(C)C)nn1-c1ccc(Cl)cc1C(=O)c1ccccc1. The van der Waals surface area contributed by atoms with E-state index in [2.05, 4.69) is 15.4 Å². The smallest absolute Gasteiger partial charge is 0.293 e. The summed E-state index contributed by atoms with van der Waals surface area (Å²) < 4.78 is 1.38. The molecule has 0 saturated heterocycles. The number of aromatic nitrogens is 3. The van der Waals surface area contributed by atoms with E-state index in [-0.39, 0.29) is 29.5 Å². The molecule has 1 atom stereocenters. The number of benzene rings is 2. The molecule has 2 amide bonds. The van der Waals surface area contributed by atoms with E-state index in [1.54, 1.807) is 57.4 Å². The number of hydrogen-bond donors (Lipinski definition) is 2. The van der Waals surface area contributed by atoms with Crippen LogP contribution in [0.1, 0.15) is 45.3 Å². The second-order valence-corrected chi connectivity index (χ2v) is 7.69. The molecule has 0 spiro atoms. The van der Waals surface area contributed by atoms with E-state index in [0.29, 0.717) is 16.3 Å². The highest BCUT2D eigenvalue weighted by molar-refractivity contribution is 6.31. The molecule has 0 bridgehead atoms. The summed E-state index contributed by atoms with van der Waals surface area (Å²) in [4.78, 5) is 43.3. The van der Waals surface area contributed by atoms with E-state index in [1.165, 1.54) is 15.6 Å². The van der Waals surface area contributed by atoms with Crippen molar-refractivity contribution in [1.82, 2.24) is 25.0 Å². The number of nitrogens with one attached hydrogen (secondary N) is 1. The second-order valence-electron chi connectivity index (χ2n) is 7.25. The van der Waals surface area contributed by atoms with Gasteiger partial charge in [0.2, 0.25) is 11.7 Å². The van der Waals surface area contributed by atoms with Crippen molar-refractivity contribution in [2.24, 2.45) is 5.73 Å². The molecule has 0 aliphatic heterocycles. The Bertz CT molecular complexity index is 1160. The number of nitrogens with two attached hydrogens (primary N) is 1. The highest BCUT2D eigenvalue weighted by Crippen LogP contribution is 2.25. The van der Waals surface area contributed by atoms with Crippen molar-refractivity contribution in [3.63, 3.8) is 0 Å². The lowest BCUT2D eigenvalue weighted by atomic mass is 10.0. The Kier molecular flexibility index (Phi) is 7.01. The third kappa shape index (κ3) is 4.84. The third-order valence-electron chi connectivity index (χ3n) is 4.65. The molecule has 0 fully saturated rings. The quantitative estimate of drug-likeness (QED) is 0.526. The molecule has 10 heteroatoms. The third-order valence-corrected chi connectivity index (χ3v) is 4.88. The number of amides is 2. The van der Waals surface area contributed by atoms with Gasteiger partial charge in [-0.05, 0) is 25.1 Å². The lowest BCUT2D eigenvalue weighted by molar-refractivity contribution is -0.120. The van der Waals surface area contributed by atoms with Crippen LogP contribution < -0.4 is 11.1 Å². The molecule has 3 N–H and O–H groups in total. The first-order chi connectivity index (χ1) is 15.2. The Morgan fingerprint density at radius 3 is 2.47 bits per heavy atom. The van der Waals surface area contributed by atoms with Crippen LogP contribution in [0.5, 0.6) is 0 Å². The minimum Gasteiger partial charge on any atom is -0.345 e. The van der Waals surface area contributed by atoms with Gasteiger partial charge in [0.15, 0.2) is 11.6 Å². The van der Waals surface area contributed by atoms with Gasteiger partial charge >= 0.3 is 0 Å². The molecule has 3 aromatic rings. The fourth-order valence-corrected chi connectivity index (χ4v) is 3.23. The Morgan fingerprint density at radius 1 is 1.16 bits per heavy atom. The average molecular weight is 455 g/mol. The molecule has 32 heavy (non-hydrogen) atoms. The molecule has 1 aromatic heterocycles. The van der Waals surface area contributed by atoms with Gasteiger partial charge in [0.25, 0.3) is 5.91 Å². The number of ketones is 1. The van der Waals surface area contributed by atoms with E-state index in [0.717, 1.165) is 0 Å². The predicted molar refractivity (Wildman–Crippen MR) is 120 cm³/mol. The molecular formula is C22H23ClN6O3. The molecule has 0 aliphatic rings. The first-order valence-electron chi connectivity index (χ1n) is 9.80. The van der Waals surface area contributed by atoms with Crippen molar-refractivity contribution >= 4 is 29.2 Å². The Labute approximate surface area is 190 Å². The maximum atomic E-state index is 13.3. The van der Waals surface area contributed by atoms with Crippen molar-refractivity contribution in [3.05, 3.63) is 76.3 Å². The van der Waals surface area contributed by atoms with Gasteiger partial charge in [-0.1, -0.05) is 41.9 Å². The van der Waals surface area contributed by atoms with Crippen LogP contribution in [0, 0.1) is 0 Å². The van der Waals surface area contributed by atoms with E-state index < -0.39 is 17.9 Å². The van der Waals surface area contributed by atoms with Crippen LogP contribution in [0.25, 0.3) is 5.69 Å². The fourth-order valence-electron chi connectivity index (χ4n) is 3.06. The first kappa shape index (κ1) is 23.1. The van der Waals surface area contributed by atoms with Crippen LogP contribution >= 0.6 is 11.6 Å². The largest absolute Gasteiger partial charge is 0.345 e.